The van der Waals surface area contributed by atoms with Crippen molar-refractivity contribution in [3.8, 4) is 17.2 Å². The van der Waals surface area contributed by atoms with E-state index >= 15 is 0 Å². The molecule has 0 spiro atoms. The van der Waals surface area contributed by atoms with Crippen LogP contribution in [-0.2, 0) is 6.54 Å². The summed E-state index contributed by atoms with van der Waals surface area (Å²) in [6.07, 6.45) is -1.19. The van der Waals surface area contributed by atoms with E-state index in [9.17, 15) is 36.7 Å². The Morgan fingerprint density at radius 3 is 2.38 bits per heavy atom. The number of pyridine rings is 1. The average Bonchev–Trinajstić information content (AvgIpc) is 2.89. The molecule has 0 bridgehead atoms. The Labute approximate surface area is 226 Å². The predicted molar refractivity (Wildman–Crippen MR) is 134 cm³/mol. The van der Waals surface area contributed by atoms with E-state index in [-0.39, 0.29) is 33.6 Å². The van der Waals surface area contributed by atoms with Crippen LogP contribution in [0.2, 0.25) is 5.02 Å². The van der Waals surface area contributed by atoms with Gasteiger partial charge in [0.2, 0.25) is 0 Å². The third kappa shape index (κ3) is 5.86. The van der Waals surface area contributed by atoms with Crippen molar-refractivity contribution in [2.45, 2.75) is 13.0 Å². The Bertz CT molecular complexity index is 1740. The van der Waals surface area contributed by atoms with Gasteiger partial charge in [-0.3, -0.25) is 19.0 Å². The van der Waals surface area contributed by atoms with E-state index in [4.69, 9.17) is 22.1 Å². The maximum atomic E-state index is 14.8. The molecule has 0 saturated heterocycles. The number of hydrogen-bond acceptors (Lipinski definition) is 6. The number of alkyl halides is 2. The summed E-state index contributed by atoms with van der Waals surface area (Å²) in [6, 6.07) is 8.35. The van der Waals surface area contributed by atoms with Crippen molar-refractivity contribution < 1.29 is 31.9 Å². The first-order chi connectivity index (χ1) is 19.0. The molecule has 0 aliphatic carbocycles. The molecule has 0 aliphatic rings. The third-order valence-corrected chi connectivity index (χ3v) is 5.68. The van der Waals surface area contributed by atoms with E-state index in [0.29, 0.717) is 15.3 Å². The van der Waals surface area contributed by atoms with Gasteiger partial charge in [-0.15, -0.1) is 0 Å². The number of primary amides is 1. The number of benzene rings is 2. The predicted octanol–water partition coefficient (Wildman–Crippen LogP) is 3.73. The third-order valence-electron chi connectivity index (χ3n) is 5.32. The zero-order valence-corrected chi connectivity index (χ0v) is 20.7. The Morgan fingerprint density at radius 1 is 1.05 bits per heavy atom. The molecule has 0 unspecified atom stereocenters. The van der Waals surface area contributed by atoms with Crippen molar-refractivity contribution in [3.05, 3.63) is 110 Å². The van der Waals surface area contributed by atoms with Crippen molar-refractivity contribution in [1.29, 1.82) is 0 Å². The van der Waals surface area contributed by atoms with Crippen molar-refractivity contribution in [2.75, 3.05) is 5.32 Å². The minimum absolute atomic E-state index is 0.135. The first-order valence-corrected chi connectivity index (χ1v) is 11.5. The van der Waals surface area contributed by atoms with Crippen LogP contribution in [0.25, 0.3) is 5.69 Å². The second-order valence-corrected chi connectivity index (χ2v) is 8.40. The smallest absolute Gasteiger partial charge is 0.335 e. The highest BCUT2D eigenvalue weighted by molar-refractivity contribution is 6.34. The van der Waals surface area contributed by atoms with Gasteiger partial charge in [0, 0.05) is 30.2 Å². The van der Waals surface area contributed by atoms with Gasteiger partial charge in [0.05, 0.1) is 12.2 Å². The van der Waals surface area contributed by atoms with Gasteiger partial charge in [-0.2, -0.15) is 0 Å². The molecule has 3 N–H and O–H groups in total. The van der Waals surface area contributed by atoms with Crippen LogP contribution in [0.5, 0.6) is 11.5 Å². The maximum absolute atomic E-state index is 14.8. The molecule has 0 radical (unpaired) electrons. The number of hydrogen-bond donors (Lipinski definition) is 2. The summed E-state index contributed by atoms with van der Waals surface area (Å²) in [5, 5.41) is 1.99. The molecule has 2 aromatic carbocycles. The zero-order valence-electron chi connectivity index (χ0n) is 19.9. The molecule has 0 saturated carbocycles. The molecule has 2 heterocycles. The number of ether oxygens (including phenoxy) is 1. The summed E-state index contributed by atoms with van der Waals surface area (Å²) in [6.45, 7) is -1.14. The molecule has 0 atom stereocenters. The largest absolute Gasteiger partial charge is 0.453 e. The van der Waals surface area contributed by atoms with Crippen molar-refractivity contribution in [3.63, 3.8) is 0 Å². The summed E-state index contributed by atoms with van der Waals surface area (Å²) in [5.74, 6) is -4.28. The van der Waals surface area contributed by atoms with E-state index in [2.05, 4.69) is 10.3 Å². The lowest BCUT2D eigenvalue weighted by molar-refractivity contribution is 0.0993. The molecule has 0 fully saturated rings. The lowest BCUT2D eigenvalue weighted by atomic mass is 10.2. The number of nitrogens with zero attached hydrogens (tertiary/aromatic N) is 3. The number of nitrogens with two attached hydrogens (primary N) is 1. The topological polar surface area (TPSA) is 138 Å². The van der Waals surface area contributed by atoms with Gasteiger partial charge in [-0.25, -0.2) is 31.9 Å². The zero-order chi connectivity index (χ0) is 29.1. The van der Waals surface area contributed by atoms with Gasteiger partial charge >= 0.3 is 5.69 Å². The molecule has 4 rings (SSSR count). The van der Waals surface area contributed by atoms with Crippen LogP contribution in [0.1, 0.15) is 20.8 Å². The van der Waals surface area contributed by atoms with Gasteiger partial charge in [0.25, 0.3) is 23.8 Å². The Balaban J connectivity index is 1.66. The van der Waals surface area contributed by atoms with E-state index in [1.807, 2.05) is 0 Å². The summed E-state index contributed by atoms with van der Waals surface area (Å²) in [5.41, 5.74) is 1.43. The lowest BCUT2D eigenvalue weighted by Crippen LogP contribution is -2.43. The van der Waals surface area contributed by atoms with Crippen molar-refractivity contribution >= 4 is 29.1 Å². The molecule has 2 aromatic heterocycles. The van der Waals surface area contributed by atoms with Crippen LogP contribution >= 0.6 is 11.6 Å². The van der Waals surface area contributed by atoms with E-state index in [1.54, 1.807) is 0 Å². The number of rotatable bonds is 8. The Morgan fingerprint density at radius 2 is 1.75 bits per heavy atom. The second kappa shape index (κ2) is 11.4. The number of amides is 2. The fraction of sp³-hybridized carbons (Fsp3) is 0.0800. The van der Waals surface area contributed by atoms with Crippen LogP contribution in [0.3, 0.4) is 0 Å². The van der Waals surface area contributed by atoms with Gasteiger partial charge in [0.1, 0.15) is 27.8 Å². The number of halogens is 5. The number of carbonyl (C=O) groups excluding carboxylic acids is 2. The summed E-state index contributed by atoms with van der Waals surface area (Å²) in [7, 11) is 0. The molecule has 15 heteroatoms. The van der Waals surface area contributed by atoms with Crippen LogP contribution in [-0.4, -0.2) is 32.4 Å². The highest BCUT2D eigenvalue weighted by Crippen LogP contribution is 2.33. The summed E-state index contributed by atoms with van der Waals surface area (Å²) >= 11 is 6.02. The van der Waals surface area contributed by atoms with Gasteiger partial charge in [-0.1, -0.05) is 11.6 Å². The SMILES string of the molecule is NC(=O)c1nccc(Oc2ccc(NC(=O)c3cn(CC(F)F)c(=O)n(-c4ccc(F)cc4)c3=O)cc2F)c1Cl. The van der Waals surface area contributed by atoms with Crippen LogP contribution < -0.4 is 27.0 Å². The molecule has 206 valence electrons. The van der Waals surface area contributed by atoms with Gasteiger partial charge in [0.15, 0.2) is 11.6 Å². The maximum Gasteiger partial charge on any atom is 0.335 e. The van der Waals surface area contributed by atoms with Crippen LogP contribution in [0.15, 0.2) is 70.5 Å². The number of nitrogens with one attached hydrogen (secondary N) is 1. The van der Waals surface area contributed by atoms with Crippen LogP contribution in [0, 0.1) is 11.6 Å². The minimum atomic E-state index is -3.01. The Hall–Kier alpha value is -4.98. The van der Waals surface area contributed by atoms with Gasteiger partial charge < -0.3 is 15.8 Å². The van der Waals surface area contributed by atoms with E-state index < -0.39 is 53.2 Å². The normalized spacial score (nSPS) is 10.9. The standard InChI is InChI=1S/C25H16ClF4N5O5/c26-20-18(7-8-32-21(20)22(31)36)40-17-6-3-13(9-16(17)28)33-23(37)15-10-34(11-19(29)30)25(39)35(24(15)38)14-4-1-12(27)2-5-14/h1-10,19H,11H2,(H2,31,36)(H,33,37). The minimum Gasteiger partial charge on any atom is -0.453 e. The van der Waals surface area contributed by atoms with Gasteiger partial charge in [-0.05, 0) is 36.4 Å². The fourth-order valence-electron chi connectivity index (χ4n) is 3.51. The first-order valence-electron chi connectivity index (χ1n) is 11.1. The summed E-state index contributed by atoms with van der Waals surface area (Å²) in [4.78, 5) is 53.8. The quantitative estimate of drug-likeness (QED) is 0.306. The molecule has 0 aliphatic heterocycles. The Kier molecular flexibility index (Phi) is 8.00. The van der Waals surface area contributed by atoms with E-state index in [1.165, 1.54) is 18.3 Å². The molecule has 40 heavy (non-hydrogen) atoms. The van der Waals surface area contributed by atoms with Crippen molar-refractivity contribution in [1.82, 2.24) is 14.1 Å². The number of carbonyl (C=O) groups is 2. The average molecular weight is 578 g/mol. The highest BCUT2D eigenvalue weighted by atomic mass is 35.5. The first kappa shape index (κ1) is 28.0. The van der Waals surface area contributed by atoms with E-state index in [0.717, 1.165) is 36.4 Å². The molecular weight excluding hydrogens is 562 g/mol. The number of anilines is 1. The molecular formula is C25H16ClF4N5O5. The molecule has 4 aromatic rings. The molecule has 10 nitrogen and oxygen atoms in total. The second-order valence-electron chi connectivity index (χ2n) is 8.02. The monoisotopic (exact) mass is 577 g/mol. The fourth-order valence-corrected chi connectivity index (χ4v) is 3.75. The van der Waals surface area contributed by atoms with Crippen LogP contribution in [0.4, 0.5) is 23.2 Å². The summed E-state index contributed by atoms with van der Waals surface area (Å²) < 4.78 is 60.6. The van der Waals surface area contributed by atoms with Crippen molar-refractivity contribution in [2.24, 2.45) is 5.73 Å². The lowest BCUT2D eigenvalue weighted by Gasteiger charge is -2.14. The molecule has 2 amide bonds. The highest BCUT2D eigenvalue weighted by Gasteiger charge is 2.21. The number of aromatic nitrogens is 3.